The Morgan fingerprint density at radius 2 is 1.73 bits per heavy atom. The predicted molar refractivity (Wildman–Crippen MR) is 85.4 cm³/mol. The van der Waals surface area contributed by atoms with E-state index in [1.807, 2.05) is 30.3 Å². The second-order valence-electron chi connectivity index (χ2n) is 6.25. The van der Waals surface area contributed by atoms with Crippen molar-refractivity contribution in [3.8, 4) is 0 Å². The predicted octanol–water partition coefficient (Wildman–Crippen LogP) is 1.62. The number of para-hydroxylation sites is 1. The van der Waals surface area contributed by atoms with Gasteiger partial charge in [0.15, 0.2) is 0 Å². The van der Waals surface area contributed by atoms with E-state index in [9.17, 15) is 9.59 Å². The molecule has 118 valence electrons. The van der Waals surface area contributed by atoms with Crippen LogP contribution in [0.25, 0.3) is 0 Å². The van der Waals surface area contributed by atoms with E-state index in [2.05, 4.69) is 15.5 Å². The Labute approximate surface area is 131 Å². The molecule has 5 nitrogen and oxygen atoms in total. The van der Waals surface area contributed by atoms with Gasteiger partial charge in [0.1, 0.15) is 0 Å². The van der Waals surface area contributed by atoms with E-state index in [-0.39, 0.29) is 23.8 Å². The number of nitrogens with zero attached hydrogens (tertiary/aromatic N) is 1. The summed E-state index contributed by atoms with van der Waals surface area (Å²) >= 11 is 0. The SMILES string of the molecule is O=C(CN1CCC(NC(=O)C2CC2)CC1)Nc1ccccc1. The number of benzene rings is 1. The van der Waals surface area contributed by atoms with E-state index >= 15 is 0 Å². The molecular formula is C17H23N3O2. The number of hydrogen-bond donors (Lipinski definition) is 2. The van der Waals surface area contributed by atoms with Crippen molar-refractivity contribution in [2.75, 3.05) is 25.0 Å². The lowest BCUT2D eigenvalue weighted by Crippen LogP contribution is -2.46. The molecule has 1 aromatic rings. The third-order valence-electron chi connectivity index (χ3n) is 4.31. The van der Waals surface area contributed by atoms with E-state index in [0.717, 1.165) is 44.5 Å². The van der Waals surface area contributed by atoms with Crippen molar-refractivity contribution in [2.45, 2.75) is 31.7 Å². The topological polar surface area (TPSA) is 61.4 Å². The van der Waals surface area contributed by atoms with Crippen LogP contribution in [-0.4, -0.2) is 42.4 Å². The van der Waals surface area contributed by atoms with Gasteiger partial charge in [-0.15, -0.1) is 0 Å². The summed E-state index contributed by atoms with van der Waals surface area (Å²) in [6.07, 6.45) is 3.95. The van der Waals surface area contributed by atoms with Gasteiger partial charge in [-0.1, -0.05) is 18.2 Å². The molecule has 2 amide bonds. The third kappa shape index (κ3) is 4.31. The van der Waals surface area contributed by atoms with Gasteiger partial charge in [-0.2, -0.15) is 0 Å². The van der Waals surface area contributed by atoms with Crippen LogP contribution in [0.1, 0.15) is 25.7 Å². The van der Waals surface area contributed by atoms with Crippen molar-refractivity contribution >= 4 is 17.5 Å². The molecular weight excluding hydrogens is 278 g/mol. The third-order valence-corrected chi connectivity index (χ3v) is 4.31. The number of carbonyl (C=O) groups excluding carboxylic acids is 2. The van der Waals surface area contributed by atoms with Crippen LogP contribution in [0.4, 0.5) is 5.69 Å². The number of anilines is 1. The van der Waals surface area contributed by atoms with Crippen LogP contribution in [0.15, 0.2) is 30.3 Å². The Morgan fingerprint density at radius 1 is 1.05 bits per heavy atom. The van der Waals surface area contributed by atoms with E-state index in [4.69, 9.17) is 0 Å². The Morgan fingerprint density at radius 3 is 2.36 bits per heavy atom. The van der Waals surface area contributed by atoms with Gasteiger partial charge in [0.25, 0.3) is 0 Å². The molecule has 2 aliphatic rings. The first kappa shape index (κ1) is 15.0. The average molecular weight is 301 g/mol. The molecule has 1 saturated carbocycles. The van der Waals surface area contributed by atoms with Crippen LogP contribution >= 0.6 is 0 Å². The molecule has 0 radical (unpaired) electrons. The van der Waals surface area contributed by atoms with Crippen molar-refractivity contribution in [1.29, 1.82) is 0 Å². The molecule has 0 atom stereocenters. The fraction of sp³-hybridized carbons (Fsp3) is 0.529. The van der Waals surface area contributed by atoms with Gasteiger partial charge in [-0.05, 0) is 37.8 Å². The van der Waals surface area contributed by atoms with E-state index in [1.165, 1.54) is 0 Å². The summed E-state index contributed by atoms with van der Waals surface area (Å²) in [5, 5.41) is 6.03. The molecule has 3 rings (SSSR count). The monoisotopic (exact) mass is 301 g/mol. The first-order valence-electron chi connectivity index (χ1n) is 8.08. The fourth-order valence-electron chi connectivity index (χ4n) is 2.83. The molecule has 0 aromatic heterocycles. The van der Waals surface area contributed by atoms with Gasteiger partial charge in [0.05, 0.1) is 6.54 Å². The van der Waals surface area contributed by atoms with Crippen molar-refractivity contribution in [2.24, 2.45) is 5.92 Å². The second kappa shape index (κ2) is 6.92. The quantitative estimate of drug-likeness (QED) is 0.868. The molecule has 1 saturated heterocycles. The summed E-state index contributed by atoms with van der Waals surface area (Å²) in [6.45, 7) is 2.13. The zero-order valence-corrected chi connectivity index (χ0v) is 12.8. The standard InChI is InChI=1S/C17H23N3O2/c21-16(18-14-4-2-1-3-5-14)12-20-10-8-15(9-11-20)19-17(22)13-6-7-13/h1-5,13,15H,6-12H2,(H,18,21)(H,19,22). The molecule has 1 aromatic carbocycles. The first-order chi connectivity index (χ1) is 10.7. The highest BCUT2D eigenvalue weighted by atomic mass is 16.2. The maximum absolute atomic E-state index is 12.0. The minimum absolute atomic E-state index is 0.0201. The molecule has 0 unspecified atom stereocenters. The summed E-state index contributed by atoms with van der Waals surface area (Å²) < 4.78 is 0. The van der Waals surface area contributed by atoms with Crippen LogP contribution in [-0.2, 0) is 9.59 Å². The average Bonchev–Trinajstić information content (AvgIpc) is 3.35. The van der Waals surface area contributed by atoms with E-state index in [0.29, 0.717) is 6.54 Å². The van der Waals surface area contributed by atoms with Crippen molar-refractivity contribution < 1.29 is 9.59 Å². The van der Waals surface area contributed by atoms with Gasteiger partial charge in [0.2, 0.25) is 11.8 Å². The second-order valence-corrected chi connectivity index (χ2v) is 6.25. The Balaban J connectivity index is 1.38. The molecule has 0 bridgehead atoms. The van der Waals surface area contributed by atoms with Gasteiger partial charge in [0, 0.05) is 30.7 Å². The number of hydrogen-bond acceptors (Lipinski definition) is 3. The van der Waals surface area contributed by atoms with Crippen LogP contribution in [0.2, 0.25) is 0 Å². The van der Waals surface area contributed by atoms with Crippen molar-refractivity contribution in [3.05, 3.63) is 30.3 Å². The van der Waals surface area contributed by atoms with Crippen LogP contribution in [0.5, 0.6) is 0 Å². The highest BCUT2D eigenvalue weighted by molar-refractivity contribution is 5.92. The van der Waals surface area contributed by atoms with E-state index in [1.54, 1.807) is 0 Å². The minimum Gasteiger partial charge on any atom is -0.353 e. The van der Waals surface area contributed by atoms with Crippen LogP contribution in [0, 0.1) is 5.92 Å². The zero-order chi connectivity index (χ0) is 15.4. The number of amides is 2. The Bertz CT molecular complexity index is 520. The molecule has 2 fully saturated rings. The maximum atomic E-state index is 12.0. The smallest absolute Gasteiger partial charge is 0.238 e. The first-order valence-corrected chi connectivity index (χ1v) is 8.08. The fourth-order valence-corrected chi connectivity index (χ4v) is 2.83. The highest BCUT2D eigenvalue weighted by Gasteiger charge is 2.31. The molecule has 0 spiro atoms. The van der Waals surface area contributed by atoms with E-state index < -0.39 is 0 Å². The lowest BCUT2D eigenvalue weighted by atomic mass is 10.0. The van der Waals surface area contributed by atoms with Gasteiger partial charge >= 0.3 is 0 Å². The Kier molecular flexibility index (Phi) is 4.73. The summed E-state index contributed by atoms with van der Waals surface area (Å²) in [6, 6.07) is 9.79. The Hall–Kier alpha value is -1.88. The number of nitrogens with one attached hydrogen (secondary N) is 2. The zero-order valence-electron chi connectivity index (χ0n) is 12.8. The molecule has 1 aliphatic carbocycles. The van der Waals surface area contributed by atoms with Crippen molar-refractivity contribution in [1.82, 2.24) is 10.2 Å². The van der Waals surface area contributed by atoms with Gasteiger partial charge in [-0.3, -0.25) is 14.5 Å². The normalized spacial score (nSPS) is 19.6. The number of rotatable bonds is 5. The van der Waals surface area contributed by atoms with Gasteiger partial charge < -0.3 is 10.6 Å². The highest BCUT2D eigenvalue weighted by Crippen LogP contribution is 2.29. The maximum Gasteiger partial charge on any atom is 0.238 e. The minimum atomic E-state index is 0.0201. The summed E-state index contributed by atoms with van der Waals surface area (Å²) in [7, 11) is 0. The summed E-state index contributed by atoms with van der Waals surface area (Å²) in [5.41, 5.74) is 0.832. The number of likely N-dealkylation sites (tertiary alicyclic amines) is 1. The molecule has 1 aliphatic heterocycles. The summed E-state index contributed by atoms with van der Waals surface area (Å²) in [4.78, 5) is 25.9. The van der Waals surface area contributed by atoms with Gasteiger partial charge in [-0.25, -0.2) is 0 Å². The lowest BCUT2D eigenvalue weighted by Gasteiger charge is -2.31. The number of piperidine rings is 1. The molecule has 2 N–H and O–H groups in total. The largest absolute Gasteiger partial charge is 0.353 e. The van der Waals surface area contributed by atoms with Crippen LogP contribution in [0.3, 0.4) is 0 Å². The number of carbonyl (C=O) groups is 2. The summed E-state index contributed by atoms with van der Waals surface area (Å²) in [5.74, 6) is 0.515. The lowest BCUT2D eigenvalue weighted by molar-refractivity contribution is -0.123. The molecule has 22 heavy (non-hydrogen) atoms. The molecule has 1 heterocycles. The van der Waals surface area contributed by atoms with Crippen molar-refractivity contribution in [3.63, 3.8) is 0 Å². The molecule has 5 heteroatoms. The van der Waals surface area contributed by atoms with Crippen LogP contribution < -0.4 is 10.6 Å².